The molecule has 2 aromatic rings. The van der Waals surface area contributed by atoms with Crippen molar-refractivity contribution in [3.05, 3.63) is 30.1 Å². The van der Waals surface area contributed by atoms with E-state index in [-0.39, 0.29) is 11.8 Å². The van der Waals surface area contributed by atoms with Crippen molar-refractivity contribution in [2.24, 2.45) is 18.9 Å². The number of hydrogen-bond acceptors (Lipinski definition) is 2. The van der Waals surface area contributed by atoms with Crippen molar-refractivity contribution in [3.8, 4) is 0 Å². The van der Waals surface area contributed by atoms with E-state index in [1.54, 1.807) is 0 Å². The molecular weight excluding hydrogens is 228 g/mol. The van der Waals surface area contributed by atoms with Crippen LogP contribution in [0.15, 0.2) is 24.3 Å². The fraction of sp³-hybridized carbons (Fsp3) is 0.429. The molecule has 18 heavy (non-hydrogen) atoms. The summed E-state index contributed by atoms with van der Waals surface area (Å²) in [5.74, 6) is -0.211. The molecule has 1 N–H and O–H groups in total. The number of aromatic nitrogens is 2. The van der Waals surface area contributed by atoms with Gasteiger partial charge in [-0.1, -0.05) is 26.0 Å². The molecule has 4 heteroatoms. The predicted octanol–water partition coefficient (Wildman–Crippen LogP) is 2.47. The molecule has 0 amide bonds. The molecule has 0 aliphatic rings. The number of rotatable bonds is 4. The zero-order chi connectivity index (χ0) is 13.3. The number of fused-ring (bicyclic) bond motifs is 1. The molecule has 0 bridgehead atoms. The molecule has 0 aliphatic carbocycles. The van der Waals surface area contributed by atoms with Crippen molar-refractivity contribution in [3.63, 3.8) is 0 Å². The number of hydrogen-bond donors (Lipinski definition) is 1. The second kappa shape index (κ2) is 4.80. The van der Waals surface area contributed by atoms with Crippen molar-refractivity contribution in [1.29, 1.82) is 0 Å². The highest BCUT2D eigenvalue weighted by molar-refractivity contribution is 5.76. The van der Waals surface area contributed by atoms with Gasteiger partial charge in [-0.05, 0) is 18.1 Å². The maximum Gasteiger partial charge on any atom is 0.307 e. The molecule has 0 spiro atoms. The number of carboxylic acids is 1. The van der Waals surface area contributed by atoms with Crippen molar-refractivity contribution >= 4 is 17.0 Å². The van der Waals surface area contributed by atoms with E-state index in [1.807, 2.05) is 49.7 Å². The van der Waals surface area contributed by atoms with Crippen LogP contribution in [0.2, 0.25) is 0 Å². The number of para-hydroxylation sites is 2. The van der Waals surface area contributed by atoms with Gasteiger partial charge in [0.25, 0.3) is 0 Å². The zero-order valence-corrected chi connectivity index (χ0v) is 10.9. The summed E-state index contributed by atoms with van der Waals surface area (Å²) in [5, 5.41) is 9.23. The van der Waals surface area contributed by atoms with Gasteiger partial charge in [0.2, 0.25) is 0 Å². The Bertz CT molecular complexity index is 572. The van der Waals surface area contributed by atoms with Crippen LogP contribution in [0.25, 0.3) is 11.0 Å². The second-order valence-electron chi connectivity index (χ2n) is 4.97. The lowest BCUT2D eigenvalue weighted by atomic mass is 9.92. The molecule has 1 aromatic heterocycles. The predicted molar refractivity (Wildman–Crippen MR) is 70.4 cm³/mol. The maximum absolute atomic E-state index is 11.2. The third-order valence-electron chi connectivity index (χ3n) is 3.40. The van der Waals surface area contributed by atoms with Crippen LogP contribution in [0.5, 0.6) is 0 Å². The Morgan fingerprint density at radius 2 is 2.06 bits per heavy atom. The van der Waals surface area contributed by atoms with Gasteiger partial charge in [-0.25, -0.2) is 4.98 Å². The van der Waals surface area contributed by atoms with Gasteiger partial charge in [0.15, 0.2) is 0 Å². The Morgan fingerprint density at radius 3 is 2.61 bits per heavy atom. The van der Waals surface area contributed by atoms with E-state index in [9.17, 15) is 9.90 Å². The van der Waals surface area contributed by atoms with Crippen molar-refractivity contribution < 1.29 is 9.90 Å². The van der Waals surface area contributed by atoms with Gasteiger partial charge in [0.1, 0.15) is 5.82 Å². The number of carbonyl (C=O) groups is 1. The molecule has 96 valence electrons. The minimum Gasteiger partial charge on any atom is -0.481 e. The third-order valence-corrected chi connectivity index (χ3v) is 3.40. The number of aliphatic carboxylic acids is 1. The van der Waals surface area contributed by atoms with Crippen LogP contribution < -0.4 is 0 Å². The second-order valence-corrected chi connectivity index (χ2v) is 4.97. The number of imidazole rings is 1. The van der Waals surface area contributed by atoms with E-state index in [0.717, 1.165) is 16.9 Å². The van der Waals surface area contributed by atoms with Gasteiger partial charge in [-0.2, -0.15) is 0 Å². The topological polar surface area (TPSA) is 55.1 Å². The molecule has 0 aliphatic heterocycles. The highest BCUT2D eigenvalue weighted by Crippen LogP contribution is 2.20. The van der Waals surface area contributed by atoms with E-state index < -0.39 is 5.97 Å². The zero-order valence-electron chi connectivity index (χ0n) is 10.9. The summed E-state index contributed by atoms with van der Waals surface area (Å²) < 4.78 is 1.98. The summed E-state index contributed by atoms with van der Waals surface area (Å²) in [6.07, 6.45) is 0.470. The Kier molecular flexibility index (Phi) is 3.36. The van der Waals surface area contributed by atoms with Crippen LogP contribution in [0.3, 0.4) is 0 Å². The SMILES string of the molecule is CC(C)C(Cc1nc2ccccc2n1C)C(=O)O. The Balaban J connectivity index is 2.36. The van der Waals surface area contributed by atoms with Gasteiger partial charge in [-0.15, -0.1) is 0 Å². The lowest BCUT2D eigenvalue weighted by Gasteiger charge is -2.15. The van der Waals surface area contributed by atoms with Crippen LogP contribution in [0.1, 0.15) is 19.7 Å². The molecule has 1 atom stereocenters. The highest BCUT2D eigenvalue weighted by atomic mass is 16.4. The average molecular weight is 246 g/mol. The first-order valence-electron chi connectivity index (χ1n) is 6.14. The number of aryl methyl sites for hydroxylation is 1. The molecule has 0 saturated carbocycles. The fourth-order valence-electron chi connectivity index (χ4n) is 2.18. The van der Waals surface area contributed by atoms with E-state index in [2.05, 4.69) is 4.98 Å². The average Bonchev–Trinajstić information content (AvgIpc) is 2.63. The molecule has 1 heterocycles. The number of carboxylic acid groups (broad SMARTS) is 1. The molecule has 4 nitrogen and oxygen atoms in total. The van der Waals surface area contributed by atoms with E-state index in [1.165, 1.54) is 0 Å². The van der Waals surface area contributed by atoms with Gasteiger partial charge in [0, 0.05) is 13.5 Å². The first-order chi connectivity index (χ1) is 8.50. The molecule has 0 radical (unpaired) electrons. The first-order valence-corrected chi connectivity index (χ1v) is 6.14. The molecule has 0 fully saturated rings. The summed E-state index contributed by atoms with van der Waals surface area (Å²) in [4.78, 5) is 15.8. The van der Waals surface area contributed by atoms with E-state index >= 15 is 0 Å². The Hall–Kier alpha value is -1.84. The van der Waals surface area contributed by atoms with Gasteiger partial charge in [0.05, 0.1) is 17.0 Å². The van der Waals surface area contributed by atoms with Crippen LogP contribution in [0.4, 0.5) is 0 Å². The third kappa shape index (κ3) is 2.23. The van der Waals surface area contributed by atoms with E-state index in [4.69, 9.17) is 0 Å². The molecular formula is C14H18N2O2. The largest absolute Gasteiger partial charge is 0.481 e. The van der Waals surface area contributed by atoms with Crippen LogP contribution in [-0.4, -0.2) is 20.6 Å². The quantitative estimate of drug-likeness (QED) is 0.901. The molecule has 0 saturated heterocycles. The number of nitrogens with zero attached hydrogens (tertiary/aromatic N) is 2. The van der Waals surface area contributed by atoms with Crippen LogP contribution >= 0.6 is 0 Å². The van der Waals surface area contributed by atoms with Crippen molar-refractivity contribution in [1.82, 2.24) is 9.55 Å². The summed E-state index contributed by atoms with van der Waals surface area (Å²) in [7, 11) is 1.93. The molecule has 1 unspecified atom stereocenters. The standard InChI is InChI=1S/C14H18N2O2/c1-9(2)10(14(17)18)8-13-15-11-6-4-5-7-12(11)16(13)3/h4-7,9-10H,8H2,1-3H3,(H,17,18). The summed E-state index contributed by atoms with van der Waals surface area (Å²) >= 11 is 0. The molecule has 2 rings (SSSR count). The minimum absolute atomic E-state index is 0.0994. The summed E-state index contributed by atoms with van der Waals surface area (Å²) in [6, 6.07) is 7.85. The van der Waals surface area contributed by atoms with Crippen molar-refractivity contribution in [2.45, 2.75) is 20.3 Å². The lowest BCUT2D eigenvalue weighted by Crippen LogP contribution is -2.23. The Morgan fingerprint density at radius 1 is 1.39 bits per heavy atom. The summed E-state index contributed by atoms with van der Waals surface area (Å²) in [5.41, 5.74) is 1.96. The minimum atomic E-state index is -0.753. The number of benzene rings is 1. The Labute approximate surface area is 106 Å². The highest BCUT2D eigenvalue weighted by Gasteiger charge is 2.24. The van der Waals surface area contributed by atoms with Gasteiger partial charge in [-0.3, -0.25) is 4.79 Å². The van der Waals surface area contributed by atoms with Crippen LogP contribution in [0, 0.1) is 11.8 Å². The molecule has 1 aromatic carbocycles. The van der Waals surface area contributed by atoms with E-state index in [0.29, 0.717) is 6.42 Å². The van der Waals surface area contributed by atoms with Crippen molar-refractivity contribution in [2.75, 3.05) is 0 Å². The smallest absolute Gasteiger partial charge is 0.307 e. The first kappa shape index (κ1) is 12.6. The van der Waals surface area contributed by atoms with Crippen LogP contribution in [-0.2, 0) is 18.3 Å². The fourth-order valence-corrected chi connectivity index (χ4v) is 2.18. The maximum atomic E-state index is 11.2. The normalized spacial score (nSPS) is 13.1. The van der Waals surface area contributed by atoms with Gasteiger partial charge < -0.3 is 9.67 Å². The van der Waals surface area contributed by atoms with Gasteiger partial charge >= 0.3 is 5.97 Å². The monoisotopic (exact) mass is 246 g/mol. The summed E-state index contributed by atoms with van der Waals surface area (Å²) in [6.45, 7) is 3.86. The lowest BCUT2D eigenvalue weighted by molar-refractivity contribution is -0.143.